The second-order valence-electron chi connectivity index (χ2n) is 6.13. The van der Waals surface area contributed by atoms with Gasteiger partial charge in [-0.1, -0.05) is 49.6 Å². The average Bonchev–Trinajstić information content (AvgIpc) is 2.60. The van der Waals surface area contributed by atoms with Crippen LogP contribution in [0, 0.1) is 0 Å². The van der Waals surface area contributed by atoms with Gasteiger partial charge in [-0.15, -0.1) is 0 Å². The molecule has 0 bridgehead atoms. The Balaban J connectivity index is 1.91. The van der Waals surface area contributed by atoms with E-state index >= 15 is 0 Å². The van der Waals surface area contributed by atoms with Crippen LogP contribution in [0.2, 0.25) is 0 Å². The fourth-order valence-electron chi connectivity index (χ4n) is 2.78. The van der Waals surface area contributed by atoms with Gasteiger partial charge in [0.05, 0.1) is 0 Å². The minimum Gasteiger partial charge on any atom is -0.451 e. The summed E-state index contributed by atoms with van der Waals surface area (Å²) in [5.74, 6) is -1.44. The van der Waals surface area contributed by atoms with E-state index in [0.29, 0.717) is 0 Å². The Morgan fingerprint density at radius 1 is 1.12 bits per heavy atom. The van der Waals surface area contributed by atoms with Crippen molar-refractivity contribution in [2.75, 3.05) is 6.61 Å². The third-order valence-corrected chi connectivity index (χ3v) is 3.95. The maximum absolute atomic E-state index is 12.2. The van der Waals surface area contributed by atoms with Gasteiger partial charge in [-0.25, -0.2) is 4.79 Å². The number of ether oxygens (including phenoxy) is 1. The van der Waals surface area contributed by atoms with Crippen LogP contribution in [-0.4, -0.2) is 30.4 Å². The Kier molecular flexibility index (Phi) is 7.19. The Morgan fingerprint density at radius 3 is 2.44 bits per heavy atom. The van der Waals surface area contributed by atoms with Crippen molar-refractivity contribution in [2.45, 2.75) is 45.1 Å². The van der Waals surface area contributed by atoms with Gasteiger partial charge < -0.3 is 15.4 Å². The van der Waals surface area contributed by atoms with Gasteiger partial charge in [0.2, 0.25) is 5.91 Å². The van der Waals surface area contributed by atoms with Gasteiger partial charge in [0, 0.05) is 13.0 Å². The lowest BCUT2D eigenvalue weighted by molar-refractivity contribution is -0.145. The third kappa shape index (κ3) is 6.79. The van der Waals surface area contributed by atoms with Crippen molar-refractivity contribution in [1.82, 2.24) is 10.6 Å². The van der Waals surface area contributed by atoms with E-state index in [4.69, 9.17) is 4.74 Å². The molecule has 2 rings (SSSR count). The van der Waals surface area contributed by atoms with Crippen LogP contribution < -0.4 is 10.6 Å². The zero-order chi connectivity index (χ0) is 18.1. The number of carbonyl (C=O) groups excluding carboxylic acids is 3. The lowest BCUT2D eigenvalue weighted by Crippen LogP contribution is -2.39. The zero-order valence-corrected chi connectivity index (χ0v) is 14.4. The molecule has 0 atom stereocenters. The maximum atomic E-state index is 12.2. The predicted octanol–water partition coefficient (Wildman–Crippen LogP) is 2.16. The molecule has 1 saturated carbocycles. The summed E-state index contributed by atoms with van der Waals surface area (Å²) in [6.07, 6.45) is 6.86. The third-order valence-electron chi connectivity index (χ3n) is 3.95. The monoisotopic (exact) mass is 344 g/mol. The molecule has 0 saturated heterocycles. The first-order valence-corrected chi connectivity index (χ1v) is 8.55. The van der Waals surface area contributed by atoms with Crippen LogP contribution in [0.4, 0.5) is 0 Å². The number of benzene rings is 1. The number of amides is 2. The summed E-state index contributed by atoms with van der Waals surface area (Å²) in [5, 5.41) is 5.33. The molecule has 0 spiro atoms. The van der Waals surface area contributed by atoms with Crippen LogP contribution in [0.1, 0.15) is 44.6 Å². The van der Waals surface area contributed by atoms with E-state index < -0.39 is 5.97 Å². The van der Waals surface area contributed by atoms with E-state index in [1.807, 2.05) is 18.2 Å². The molecule has 0 aliphatic heterocycles. The maximum Gasteiger partial charge on any atom is 0.355 e. The molecule has 0 unspecified atom stereocenters. The minimum atomic E-state index is -0.738. The van der Waals surface area contributed by atoms with Crippen LogP contribution in [0.25, 0.3) is 6.08 Å². The number of nitrogens with one attached hydrogen (secondary N) is 2. The number of esters is 1. The highest BCUT2D eigenvalue weighted by atomic mass is 16.5. The Morgan fingerprint density at radius 2 is 1.80 bits per heavy atom. The van der Waals surface area contributed by atoms with Crippen LogP contribution >= 0.6 is 0 Å². The summed E-state index contributed by atoms with van der Waals surface area (Å²) in [6, 6.07) is 9.24. The van der Waals surface area contributed by atoms with Crippen molar-refractivity contribution < 1.29 is 19.1 Å². The highest BCUT2D eigenvalue weighted by Crippen LogP contribution is 2.17. The van der Waals surface area contributed by atoms with Gasteiger partial charge in [-0.2, -0.15) is 0 Å². The first-order valence-electron chi connectivity index (χ1n) is 8.55. The molecule has 1 aromatic rings. The SMILES string of the molecule is CC(=O)NC(=Cc1ccccc1)C(=O)OCC(=O)NC1CCCCC1. The van der Waals surface area contributed by atoms with Crippen molar-refractivity contribution in [1.29, 1.82) is 0 Å². The second-order valence-corrected chi connectivity index (χ2v) is 6.13. The van der Waals surface area contributed by atoms with Gasteiger partial charge >= 0.3 is 5.97 Å². The van der Waals surface area contributed by atoms with Crippen LogP contribution in [0.3, 0.4) is 0 Å². The van der Waals surface area contributed by atoms with Crippen molar-refractivity contribution in [3.8, 4) is 0 Å². The summed E-state index contributed by atoms with van der Waals surface area (Å²) < 4.78 is 5.05. The standard InChI is InChI=1S/C19H24N2O4/c1-14(22)20-17(12-15-8-4-2-5-9-15)19(24)25-13-18(23)21-16-10-6-3-7-11-16/h2,4-5,8-9,12,16H,3,6-7,10-11,13H2,1H3,(H,20,22)(H,21,23). The average molecular weight is 344 g/mol. The van der Waals surface area contributed by atoms with Crippen molar-refractivity contribution >= 4 is 23.9 Å². The molecule has 0 aromatic heterocycles. The number of carbonyl (C=O) groups is 3. The number of hydrogen-bond donors (Lipinski definition) is 2. The molecule has 1 aliphatic rings. The highest BCUT2D eigenvalue weighted by molar-refractivity contribution is 5.98. The lowest BCUT2D eigenvalue weighted by atomic mass is 9.95. The quantitative estimate of drug-likeness (QED) is 0.612. The molecule has 25 heavy (non-hydrogen) atoms. The summed E-state index contributed by atoms with van der Waals surface area (Å²) in [7, 11) is 0. The summed E-state index contributed by atoms with van der Waals surface area (Å²) in [4.78, 5) is 35.4. The first kappa shape index (κ1) is 18.7. The Bertz CT molecular complexity index is 634. The lowest BCUT2D eigenvalue weighted by Gasteiger charge is -2.22. The highest BCUT2D eigenvalue weighted by Gasteiger charge is 2.18. The van der Waals surface area contributed by atoms with Crippen molar-refractivity contribution in [3.05, 3.63) is 41.6 Å². The Hall–Kier alpha value is -2.63. The van der Waals surface area contributed by atoms with Gasteiger partial charge in [0.1, 0.15) is 5.70 Å². The summed E-state index contributed by atoms with van der Waals surface area (Å²) in [5.41, 5.74) is 0.749. The summed E-state index contributed by atoms with van der Waals surface area (Å²) >= 11 is 0. The van der Waals surface area contributed by atoms with Crippen LogP contribution in [-0.2, 0) is 19.1 Å². The van der Waals surface area contributed by atoms with E-state index in [1.165, 1.54) is 19.4 Å². The molecule has 0 radical (unpaired) electrons. The molecular formula is C19H24N2O4. The van der Waals surface area contributed by atoms with E-state index in [-0.39, 0.29) is 30.2 Å². The minimum absolute atomic E-state index is 0.00386. The van der Waals surface area contributed by atoms with Crippen LogP contribution in [0.15, 0.2) is 36.0 Å². The molecule has 0 heterocycles. The topological polar surface area (TPSA) is 84.5 Å². The first-order chi connectivity index (χ1) is 12.0. The van der Waals surface area contributed by atoms with E-state index in [9.17, 15) is 14.4 Å². The molecular weight excluding hydrogens is 320 g/mol. The van der Waals surface area contributed by atoms with Crippen LogP contribution in [0.5, 0.6) is 0 Å². The molecule has 1 aliphatic carbocycles. The zero-order valence-electron chi connectivity index (χ0n) is 14.4. The normalized spacial score (nSPS) is 15.3. The molecule has 6 heteroatoms. The smallest absolute Gasteiger partial charge is 0.355 e. The molecule has 1 aromatic carbocycles. The largest absolute Gasteiger partial charge is 0.451 e. The predicted molar refractivity (Wildman–Crippen MR) is 94.2 cm³/mol. The number of hydrogen-bond acceptors (Lipinski definition) is 4. The molecule has 1 fully saturated rings. The number of rotatable bonds is 6. The van der Waals surface area contributed by atoms with E-state index in [2.05, 4.69) is 10.6 Å². The fraction of sp³-hybridized carbons (Fsp3) is 0.421. The second kappa shape index (κ2) is 9.61. The van der Waals surface area contributed by atoms with Crippen molar-refractivity contribution in [3.63, 3.8) is 0 Å². The molecule has 2 N–H and O–H groups in total. The summed E-state index contributed by atoms with van der Waals surface area (Å²) in [6.45, 7) is 0.947. The molecule has 134 valence electrons. The van der Waals surface area contributed by atoms with E-state index in [1.54, 1.807) is 12.1 Å². The van der Waals surface area contributed by atoms with Gasteiger partial charge in [-0.3, -0.25) is 9.59 Å². The molecule has 6 nitrogen and oxygen atoms in total. The van der Waals surface area contributed by atoms with Crippen molar-refractivity contribution in [2.24, 2.45) is 0 Å². The Labute approximate surface area is 147 Å². The van der Waals surface area contributed by atoms with Gasteiger partial charge in [0.25, 0.3) is 5.91 Å². The van der Waals surface area contributed by atoms with E-state index in [0.717, 1.165) is 31.2 Å². The van der Waals surface area contributed by atoms with Gasteiger partial charge in [0.15, 0.2) is 6.61 Å². The fourth-order valence-corrected chi connectivity index (χ4v) is 2.78. The van der Waals surface area contributed by atoms with Gasteiger partial charge in [-0.05, 0) is 24.5 Å². The molecule has 2 amide bonds.